The van der Waals surface area contributed by atoms with Crippen molar-refractivity contribution >= 4 is 17.9 Å². The summed E-state index contributed by atoms with van der Waals surface area (Å²) in [5.41, 5.74) is 1.10. The van der Waals surface area contributed by atoms with Crippen LogP contribution in [0.2, 0.25) is 0 Å². The number of unbranched alkanes of at least 4 members (excludes halogenated alkanes) is 2. The minimum atomic E-state index is -0.803. The number of aryl methyl sites for hydroxylation is 1. The van der Waals surface area contributed by atoms with Crippen molar-refractivity contribution in [1.29, 1.82) is 0 Å². The first-order valence-corrected chi connectivity index (χ1v) is 13.1. The number of carbonyl (C=O) groups is 3. The summed E-state index contributed by atoms with van der Waals surface area (Å²) < 4.78 is 5.45. The van der Waals surface area contributed by atoms with Crippen molar-refractivity contribution in [1.82, 2.24) is 15.5 Å². The number of carbonyl (C=O) groups excluding carboxylic acids is 3. The van der Waals surface area contributed by atoms with Crippen molar-refractivity contribution in [2.75, 3.05) is 13.1 Å². The molecule has 0 saturated carbocycles. The molecule has 2 N–H and O–H groups in total. The fraction of sp³-hybridized carbons (Fsp3) is 0.679. The average molecular weight is 490 g/mol. The number of hydrogen-bond donors (Lipinski definition) is 2. The zero-order valence-corrected chi connectivity index (χ0v) is 23.1. The molecule has 35 heavy (non-hydrogen) atoms. The van der Waals surface area contributed by atoms with E-state index in [1.807, 2.05) is 45.0 Å². The van der Waals surface area contributed by atoms with Crippen LogP contribution < -0.4 is 10.6 Å². The van der Waals surface area contributed by atoms with Crippen LogP contribution in [-0.2, 0) is 14.3 Å². The molecule has 0 saturated heterocycles. The third kappa shape index (κ3) is 10.3. The fourth-order valence-electron chi connectivity index (χ4n) is 3.79. The van der Waals surface area contributed by atoms with Gasteiger partial charge >= 0.3 is 6.09 Å². The number of hydrogen-bond acceptors (Lipinski definition) is 4. The lowest BCUT2D eigenvalue weighted by Crippen LogP contribution is -2.55. The standard InChI is InChI=1S/C28H47N3O4/c1-9-12-17-29-25(32)24(22-16-14-15-20(4)19-22)31(18-13-10-2)26(33)23(21(5)11-3)30-27(34)35-28(6,7)8/h14-16,19,21,23-24H,9-13,17-18H2,1-8H3,(H,29,32)(H,30,34). The Bertz CT molecular complexity index is 819. The molecule has 0 aliphatic heterocycles. The van der Waals surface area contributed by atoms with Gasteiger partial charge in [-0.25, -0.2) is 4.79 Å². The summed E-state index contributed by atoms with van der Waals surface area (Å²) in [6, 6.07) is 6.14. The van der Waals surface area contributed by atoms with Crippen LogP contribution in [0, 0.1) is 12.8 Å². The molecule has 3 atom stereocenters. The second-order valence-corrected chi connectivity index (χ2v) is 10.4. The van der Waals surface area contributed by atoms with Gasteiger partial charge in [0, 0.05) is 13.1 Å². The largest absolute Gasteiger partial charge is 0.444 e. The van der Waals surface area contributed by atoms with E-state index < -0.39 is 23.8 Å². The number of rotatable bonds is 13. The van der Waals surface area contributed by atoms with Crippen molar-refractivity contribution < 1.29 is 19.1 Å². The Kier molecular flexibility index (Phi) is 12.8. The Morgan fingerprint density at radius 2 is 1.71 bits per heavy atom. The summed E-state index contributed by atoms with van der Waals surface area (Å²) in [5, 5.41) is 5.83. The Hall–Kier alpha value is -2.57. The van der Waals surface area contributed by atoms with Gasteiger partial charge in [-0.1, -0.05) is 76.8 Å². The van der Waals surface area contributed by atoms with Gasteiger partial charge in [0.15, 0.2) is 0 Å². The number of benzene rings is 1. The molecule has 3 amide bonds. The first kappa shape index (κ1) is 30.5. The summed E-state index contributed by atoms with van der Waals surface area (Å²) in [7, 11) is 0. The first-order valence-electron chi connectivity index (χ1n) is 13.1. The van der Waals surface area contributed by atoms with E-state index in [1.54, 1.807) is 25.7 Å². The highest BCUT2D eigenvalue weighted by atomic mass is 16.6. The third-order valence-corrected chi connectivity index (χ3v) is 5.93. The quantitative estimate of drug-likeness (QED) is 0.357. The van der Waals surface area contributed by atoms with E-state index in [4.69, 9.17) is 4.74 Å². The van der Waals surface area contributed by atoms with Crippen molar-refractivity contribution in [2.24, 2.45) is 5.92 Å². The second kappa shape index (κ2) is 14.7. The Morgan fingerprint density at radius 3 is 2.26 bits per heavy atom. The zero-order chi connectivity index (χ0) is 26.6. The number of alkyl carbamates (subject to hydrolysis) is 1. The second-order valence-electron chi connectivity index (χ2n) is 10.4. The number of ether oxygens (including phenoxy) is 1. The van der Waals surface area contributed by atoms with Gasteiger partial charge in [-0.2, -0.15) is 0 Å². The third-order valence-electron chi connectivity index (χ3n) is 5.93. The summed E-state index contributed by atoms with van der Waals surface area (Å²) in [6.07, 6.45) is 3.50. The first-order chi connectivity index (χ1) is 16.4. The van der Waals surface area contributed by atoms with E-state index in [0.29, 0.717) is 19.5 Å². The van der Waals surface area contributed by atoms with Crippen molar-refractivity contribution in [3.8, 4) is 0 Å². The van der Waals surface area contributed by atoms with Crippen LogP contribution in [0.5, 0.6) is 0 Å². The van der Waals surface area contributed by atoms with E-state index >= 15 is 0 Å². The average Bonchev–Trinajstić information content (AvgIpc) is 2.78. The van der Waals surface area contributed by atoms with Crippen molar-refractivity contribution in [2.45, 2.75) is 105 Å². The molecule has 1 aromatic carbocycles. The Labute approximate surface area is 212 Å². The van der Waals surface area contributed by atoms with E-state index in [1.165, 1.54) is 0 Å². The smallest absolute Gasteiger partial charge is 0.408 e. The predicted octanol–water partition coefficient (Wildman–Crippen LogP) is 5.52. The fourth-order valence-corrected chi connectivity index (χ4v) is 3.79. The molecular weight excluding hydrogens is 442 g/mol. The maximum absolute atomic E-state index is 14.1. The predicted molar refractivity (Wildman–Crippen MR) is 141 cm³/mol. The molecule has 0 aromatic heterocycles. The van der Waals surface area contributed by atoms with E-state index in [9.17, 15) is 14.4 Å². The number of amides is 3. The van der Waals surface area contributed by atoms with Gasteiger partial charge < -0.3 is 20.3 Å². The van der Waals surface area contributed by atoms with Gasteiger partial charge in [0.05, 0.1) is 0 Å². The molecule has 198 valence electrons. The molecule has 0 heterocycles. The molecule has 0 radical (unpaired) electrons. The van der Waals surface area contributed by atoms with Crippen LogP contribution in [0.1, 0.15) is 97.7 Å². The Balaban J connectivity index is 3.44. The maximum Gasteiger partial charge on any atom is 0.408 e. The topological polar surface area (TPSA) is 87.7 Å². The summed E-state index contributed by atoms with van der Waals surface area (Å²) in [6.45, 7) is 16.3. The number of nitrogens with one attached hydrogen (secondary N) is 2. The molecule has 7 heteroatoms. The molecule has 3 unspecified atom stereocenters. The van der Waals surface area contributed by atoms with E-state index in [-0.39, 0.29) is 17.7 Å². The summed E-state index contributed by atoms with van der Waals surface area (Å²) >= 11 is 0. The van der Waals surface area contributed by atoms with Gasteiger partial charge in [-0.05, 0) is 52.0 Å². The molecule has 1 aromatic rings. The van der Waals surface area contributed by atoms with Crippen LogP contribution in [-0.4, -0.2) is 47.5 Å². The maximum atomic E-state index is 14.1. The normalized spacial score (nSPS) is 13.9. The lowest BCUT2D eigenvalue weighted by atomic mass is 9.95. The van der Waals surface area contributed by atoms with Gasteiger partial charge in [0.1, 0.15) is 17.7 Å². The highest BCUT2D eigenvalue weighted by molar-refractivity contribution is 5.92. The molecule has 0 spiro atoms. The van der Waals surface area contributed by atoms with Crippen LogP contribution in [0.25, 0.3) is 0 Å². The highest BCUT2D eigenvalue weighted by Gasteiger charge is 2.37. The van der Waals surface area contributed by atoms with Crippen LogP contribution >= 0.6 is 0 Å². The van der Waals surface area contributed by atoms with E-state index in [0.717, 1.165) is 36.8 Å². The van der Waals surface area contributed by atoms with Gasteiger partial charge in [-0.15, -0.1) is 0 Å². The molecular formula is C28H47N3O4. The zero-order valence-electron chi connectivity index (χ0n) is 23.1. The van der Waals surface area contributed by atoms with Gasteiger partial charge in [0.25, 0.3) is 0 Å². The molecule has 7 nitrogen and oxygen atoms in total. The van der Waals surface area contributed by atoms with Gasteiger partial charge in [-0.3, -0.25) is 9.59 Å². The monoisotopic (exact) mass is 489 g/mol. The minimum absolute atomic E-state index is 0.138. The van der Waals surface area contributed by atoms with Crippen molar-refractivity contribution in [3.05, 3.63) is 35.4 Å². The molecule has 0 bridgehead atoms. The van der Waals surface area contributed by atoms with Crippen LogP contribution in [0.3, 0.4) is 0 Å². The summed E-state index contributed by atoms with van der Waals surface area (Å²) in [5.74, 6) is -0.607. The lowest BCUT2D eigenvalue weighted by Gasteiger charge is -2.36. The highest BCUT2D eigenvalue weighted by Crippen LogP contribution is 2.26. The van der Waals surface area contributed by atoms with E-state index in [2.05, 4.69) is 24.5 Å². The SMILES string of the molecule is CCCCNC(=O)C(c1cccc(C)c1)N(CCCC)C(=O)C(NC(=O)OC(C)(C)C)C(C)CC. The van der Waals surface area contributed by atoms with Crippen molar-refractivity contribution in [3.63, 3.8) is 0 Å². The van der Waals surface area contributed by atoms with Gasteiger partial charge in [0.2, 0.25) is 11.8 Å². The Morgan fingerprint density at radius 1 is 1.06 bits per heavy atom. The van der Waals surface area contributed by atoms with Crippen LogP contribution in [0.15, 0.2) is 24.3 Å². The number of nitrogens with zero attached hydrogens (tertiary/aromatic N) is 1. The molecule has 0 fully saturated rings. The van der Waals surface area contributed by atoms with Crippen LogP contribution in [0.4, 0.5) is 4.79 Å². The molecule has 0 aliphatic rings. The summed E-state index contributed by atoms with van der Waals surface area (Å²) in [4.78, 5) is 41.8. The molecule has 0 aliphatic carbocycles. The molecule has 1 rings (SSSR count). The lowest BCUT2D eigenvalue weighted by molar-refractivity contribution is -0.143. The minimum Gasteiger partial charge on any atom is -0.444 e.